The van der Waals surface area contributed by atoms with E-state index in [4.69, 9.17) is 10.8 Å². The quantitative estimate of drug-likeness (QED) is 0.0621. The monoisotopic (exact) mass is 714 g/mol. The summed E-state index contributed by atoms with van der Waals surface area (Å²) in [5, 5.41) is 14.5. The number of aliphatic carboxylic acids is 1. The number of aromatic nitrogens is 1. The van der Waals surface area contributed by atoms with Crippen molar-refractivity contribution in [2.75, 3.05) is 31.2 Å². The Labute approximate surface area is 266 Å². The number of nitrogen functional groups attached to an aromatic ring is 1. The van der Waals surface area contributed by atoms with Crippen molar-refractivity contribution in [3.63, 3.8) is 0 Å². The van der Waals surface area contributed by atoms with Gasteiger partial charge in [-0.25, -0.2) is 19.4 Å². The fourth-order valence-electron chi connectivity index (χ4n) is 4.48. The topological polar surface area (TPSA) is 211 Å². The summed E-state index contributed by atoms with van der Waals surface area (Å²) in [5.74, 6) is -9.96. The second kappa shape index (κ2) is 13.6. The van der Waals surface area contributed by atoms with Gasteiger partial charge in [-0.1, -0.05) is 5.16 Å². The molecule has 0 aromatic carbocycles. The highest BCUT2D eigenvalue weighted by Gasteiger charge is 2.55. The molecule has 3 aliphatic heterocycles. The van der Waals surface area contributed by atoms with Gasteiger partial charge in [0.15, 0.2) is 10.8 Å². The first-order chi connectivity index (χ1) is 21.9. The average Bonchev–Trinajstić information content (AvgIpc) is 3.39. The van der Waals surface area contributed by atoms with Crippen molar-refractivity contribution in [3.8, 4) is 0 Å². The number of carbonyl (C=O) groups excluding carboxylic acids is 5. The predicted molar refractivity (Wildman–Crippen MR) is 146 cm³/mol. The number of fused-ring (bicyclic) bond motifs is 1. The van der Waals surface area contributed by atoms with E-state index in [0.717, 1.165) is 29.2 Å². The van der Waals surface area contributed by atoms with Crippen LogP contribution in [-0.2, 0) is 38.3 Å². The number of hydrogen-bond acceptors (Lipinski definition) is 13. The van der Waals surface area contributed by atoms with Gasteiger partial charge in [-0.15, -0.1) is 23.1 Å². The molecule has 23 heteroatoms. The Morgan fingerprint density at radius 2 is 1.89 bits per heavy atom. The summed E-state index contributed by atoms with van der Waals surface area (Å²) >= 11 is 1.72. The first-order valence-electron chi connectivity index (χ1n) is 12.9. The molecule has 0 bridgehead atoms. The van der Waals surface area contributed by atoms with Crippen molar-refractivity contribution < 1.29 is 69.8 Å². The number of nitrogens with one attached hydrogen (secondary N) is 1. The third kappa shape index (κ3) is 8.19. The number of oxime groups is 1. The fraction of sp³-hybridized carbons (Fsp3) is 0.417. The minimum Gasteiger partial charge on any atom is -0.479 e. The second-order valence-electron chi connectivity index (χ2n) is 9.70. The maximum atomic E-state index is 13.3. The van der Waals surface area contributed by atoms with Gasteiger partial charge < -0.3 is 30.6 Å². The first-order valence-corrected chi connectivity index (χ1v) is 14.8. The van der Waals surface area contributed by atoms with Crippen molar-refractivity contribution in [2.24, 2.45) is 5.16 Å². The van der Waals surface area contributed by atoms with E-state index in [2.05, 4.69) is 25.0 Å². The molecule has 0 radical (unpaired) electrons. The Balaban J connectivity index is 1.64. The zero-order chi connectivity index (χ0) is 34.8. The van der Waals surface area contributed by atoms with Crippen molar-refractivity contribution in [1.82, 2.24) is 20.1 Å². The van der Waals surface area contributed by atoms with Crippen LogP contribution in [0.5, 0.6) is 0 Å². The summed E-state index contributed by atoms with van der Waals surface area (Å²) in [6.07, 6.45) is -9.40. The summed E-state index contributed by atoms with van der Waals surface area (Å²) in [6, 6.07) is -1.48. The maximum absolute atomic E-state index is 13.3. The van der Waals surface area contributed by atoms with Gasteiger partial charge in [-0.05, 0) is 24.5 Å². The highest BCUT2D eigenvalue weighted by molar-refractivity contribution is 8.00. The second-order valence-corrected chi connectivity index (χ2v) is 11.7. The normalized spacial score (nSPS) is 21.3. The SMILES string of the molecule is Nc1nc(/C(=N/OCC(=O)O)C(=O)N[C@@H]2C(=O)N3C(C(=O)OC(=O)C(F)(F)F)=C(/C=C4\CCCN(CC(F)(F)F)C4=O)CS[C@H]23)cs1. The van der Waals surface area contributed by atoms with E-state index >= 15 is 0 Å². The Hall–Kier alpha value is -4.67. The molecule has 2 saturated heterocycles. The number of esters is 2. The number of nitrogens with two attached hydrogens (primary N) is 1. The van der Waals surface area contributed by atoms with Crippen LogP contribution in [-0.4, -0.2) is 110 Å². The molecule has 0 spiro atoms. The zero-order valence-electron chi connectivity index (χ0n) is 23.2. The number of likely N-dealkylation sites (tertiary alicyclic amines) is 1. The van der Waals surface area contributed by atoms with E-state index < -0.39 is 84.0 Å². The van der Waals surface area contributed by atoms with Crippen LogP contribution < -0.4 is 11.1 Å². The van der Waals surface area contributed by atoms with E-state index in [0.29, 0.717) is 9.80 Å². The van der Waals surface area contributed by atoms with Crippen LogP contribution in [0, 0.1) is 0 Å². The Bertz CT molecular complexity index is 1610. The van der Waals surface area contributed by atoms with E-state index in [1.54, 1.807) is 0 Å². The predicted octanol–water partition coefficient (Wildman–Crippen LogP) is 0.928. The molecule has 2 fully saturated rings. The van der Waals surface area contributed by atoms with Crippen LogP contribution in [0.4, 0.5) is 31.5 Å². The summed E-state index contributed by atoms with van der Waals surface area (Å²) in [7, 11) is 0. The molecule has 254 valence electrons. The minimum absolute atomic E-state index is 0.0196. The van der Waals surface area contributed by atoms with E-state index in [1.165, 1.54) is 5.38 Å². The number of nitrogens with zero attached hydrogens (tertiary/aromatic N) is 4. The lowest BCUT2D eigenvalue weighted by molar-refractivity contribution is -0.201. The van der Waals surface area contributed by atoms with Crippen LogP contribution in [0.2, 0.25) is 0 Å². The Kier molecular flexibility index (Phi) is 10.2. The number of rotatable bonds is 9. The molecule has 4 heterocycles. The van der Waals surface area contributed by atoms with Crippen LogP contribution in [0.25, 0.3) is 0 Å². The standard InChI is InChI=1S/C24H20F6N6O9S2/c25-23(26,27)8-35-3-1-2-9(17(35)40)4-10-6-46-19-14(18(41)36(19)15(10)20(42)45-21(43)24(28,29)30)33-16(39)13(34-44-5-12(37)38)11-7-47-22(31)32-11/h4,7,14,19H,1-3,5-6,8H2,(H2,31,32)(H,33,39)(H,37,38)/b9-4+,34-13-/t14-,19-/m1/s1. The number of halogens is 6. The maximum Gasteiger partial charge on any atom is 0.491 e. The lowest BCUT2D eigenvalue weighted by Gasteiger charge is -2.49. The van der Waals surface area contributed by atoms with Crippen molar-refractivity contribution in [2.45, 2.75) is 36.6 Å². The zero-order valence-corrected chi connectivity index (χ0v) is 24.8. The number of ether oxygens (including phenoxy) is 1. The molecule has 3 amide bonds. The van der Waals surface area contributed by atoms with E-state index in [-0.39, 0.29) is 47.1 Å². The minimum atomic E-state index is -5.62. The highest BCUT2D eigenvalue weighted by atomic mass is 32.2. The Morgan fingerprint density at radius 3 is 2.49 bits per heavy atom. The van der Waals surface area contributed by atoms with Crippen LogP contribution in [0.3, 0.4) is 0 Å². The number of β-lactam (4-membered cyclic amide) rings is 1. The third-order valence-corrected chi connectivity index (χ3v) is 8.35. The number of alkyl halides is 6. The number of allylic oxidation sites excluding steroid dienone is 1. The van der Waals surface area contributed by atoms with Gasteiger partial charge in [0, 0.05) is 23.3 Å². The van der Waals surface area contributed by atoms with Gasteiger partial charge in [-0.3, -0.25) is 19.3 Å². The fourth-order valence-corrected chi connectivity index (χ4v) is 6.33. The summed E-state index contributed by atoms with van der Waals surface area (Å²) in [6.45, 7) is -2.79. The largest absolute Gasteiger partial charge is 0.491 e. The third-order valence-electron chi connectivity index (χ3n) is 6.37. The summed E-state index contributed by atoms with van der Waals surface area (Å²) in [5.41, 5.74) is 3.34. The Morgan fingerprint density at radius 1 is 1.19 bits per heavy atom. The highest BCUT2D eigenvalue weighted by Crippen LogP contribution is 2.42. The lowest BCUT2D eigenvalue weighted by atomic mass is 9.98. The summed E-state index contributed by atoms with van der Waals surface area (Å²) in [4.78, 5) is 83.8. The number of carboxylic acids is 1. The molecule has 0 unspecified atom stereocenters. The van der Waals surface area contributed by atoms with E-state index in [9.17, 15) is 55.1 Å². The van der Waals surface area contributed by atoms with E-state index in [1.807, 2.05) is 0 Å². The van der Waals surface area contributed by atoms with Crippen LogP contribution >= 0.6 is 23.1 Å². The molecule has 1 aromatic heterocycles. The number of thioether (sulfide) groups is 1. The van der Waals surface area contributed by atoms with Crippen molar-refractivity contribution >= 4 is 69.6 Å². The molecule has 47 heavy (non-hydrogen) atoms. The number of carbonyl (C=O) groups is 6. The number of thiazole rings is 1. The molecule has 0 aliphatic carbocycles. The van der Waals surface area contributed by atoms with Gasteiger partial charge in [0.1, 0.15) is 29.4 Å². The van der Waals surface area contributed by atoms with Gasteiger partial charge >= 0.3 is 30.3 Å². The molecule has 15 nitrogen and oxygen atoms in total. The molecular formula is C24H20F6N6O9S2. The molecule has 1 aromatic rings. The number of carboxylic acid groups (broad SMARTS) is 1. The van der Waals surface area contributed by atoms with Crippen molar-refractivity contribution in [1.29, 1.82) is 0 Å². The number of hydrogen-bond donors (Lipinski definition) is 3. The number of piperidine rings is 1. The van der Waals surface area contributed by atoms with Crippen LogP contribution in [0.1, 0.15) is 18.5 Å². The average molecular weight is 715 g/mol. The van der Waals surface area contributed by atoms with Gasteiger partial charge in [0.05, 0.1) is 0 Å². The smallest absolute Gasteiger partial charge is 0.479 e. The molecule has 4 N–H and O–H groups in total. The number of anilines is 1. The lowest BCUT2D eigenvalue weighted by Crippen LogP contribution is -2.71. The summed E-state index contributed by atoms with van der Waals surface area (Å²) < 4.78 is 81.5. The number of amides is 3. The van der Waals surface area contributed by atoms with Gasteiger partial charge in [-0.2, -0.15) is 26.3 Å². The van der Waals surface area contributed by atoms with Gasteiger partial charge in [0.2, 0.25) is 12.5 Å². The first kappa shape index (κ1) is 35.2. The molecule has 2 atom stereocenters. The molecule has 4 rings (SSSR count). The van der Waals surface area contributed by atoms with Crippen LogP contribution in [0.15, 0.2) is 33.5 Å². The molecule has 3 aliphatic rings. The molecule has 0 saturated carbocycles. The van der Waals surface area contributed by atoms with Crippen molar-refractivity contribution in [3.05, 3.63) is 34.0 Å². The molecular weight excluding hydrogens is 694 g/mol. The van der Waals surface area contributed by atoms with Gasteiger partial charge in [0.25, 0.3) is 11.8 Å².